The van der Waals surface area contributed by atoms with Gasteiger partial charge in [0.25, 0.3) is 0 Å². The third kappa shape index (κ3) is 3.75. The fraction of sp³-hybridized carbons (Fsp3) is 0.611. The molecule has 6 heteroatoms. The molecular weight excluding hydrogens is 316 g/mol. The van der Waals surface area contributed by atoms with Crippen LogP contribution in [0.15, 0.2) is 18.2 Å². The molecule has 3 rings (SSSR count). The number of aliphatic hydroxyl groups is 1. The highest BCUT2D eigenvalue weighted by Gasteiger charge is 2.39. The Balaban J connectivity index is 1.63. The zero-order valence-corrected chi connectivity index (χ0v) is 13.6. The molecule has 1 N–H and O–H groups in total. The summed E-state index contributed by atoms with van der Waals surface area (Å²) < 4.78 is 32.2. The summed E-state index contributed by atoms with van der Waals surface area (Å²) in [5.74, 6) is -1.25. The summed E-state index contributed by atoms with van der Waals surface area (Å²) in [5.41, 5.74) is 0.343. The molecule has 0 spiro atoms. The highest BCUT2D eigenvalue weighted by atomic mass is 19.1. The first-order chi connectivity index (χ1) is 11.6. The number of aryl methyl sites for hydroxylation is 1. The lowest BCUT2D eigenvalue weighted by molar-refractivity contribution is -0.143. The Labute approximate surface area is 140 Å². The number of rotatable bonds is 4. The van der Waals surface area contributed by atoms with Crippen molar-refractivity contribution in [3.05, 3.63) is 35.4 Å². The van der Waals surface area contributed by atoms with Crippen molar-refractivity contribution in [2.45, 2.75) is 44.2 Å². The molecule has 1 aromatic carbocycles. The van der Waals surface area contributed by atoms with Crippen LogP contribution in [0.5, 0.6) is 0 Å². The Bertz CT molecular complexity index is 596. The summed E-state index contributed by atoms with van der Waals surface area (Å²) in [7, 11) is 0. The van der Waals surface area contributed by atoms with E-state index in [-0.39, 0.29) is 36.8 Å². The molecule has 132 valence electrons. The molecule has 0 unspecified atom stereocenters. The Morgan fingerprint density at radius 1 is 1.33 bits per heavy atom. The third-order valence-corrected chi connectivity index (χ3v) is 5.13. The number of amides is 1. The Morgan fingerprint density at radius 2 is 2.17 bits per heavy atom. The quantitative estimate of drug-likeness (QED) is 0.916. The molecule has 1 aromatic rings. The molecule has 3 atom stereocenters. The Morgan fingerprint density at radius 3 is 2.88 bits per heavy atom. The van der Waals surface area contributed by atoms with Crippen LogP contribution in [-0.2, 0) is 16.0 Å². The van der Waals surface area contributed by atoms with Crippen molar-refractivity contribution in [1.29, 1.82) is 0 Å². The van der Waals surface area contributed by atoms with Gasteiger partial charge in [-0.3, -0.25) is 4.79 Å². The first kappa shape index (κ1) is 17.3. The van der Waals surface area contributed by atoms with Crippen molar-refractivity contribution in [3.63, 3.8) is 0 Å². The van der Waals surface area contributed by atoms with Crippen LogP contribution in [0.3, 0.4) is 0 Å². The monoisotopic (exact) mass is 339 g/mol. The topological polar surface area (TPSA) is 49.8 Å². The summed E-state index contributed by atoms with van der Waals surface area (Å²) in [6, 6.07) is 3.32. The van der Waals surface area contributed by atoms with Crippen LogP contribution in [0.2, 0.25) is 0 Å². The first-order valence-electron chi connectivity index (χ1n) is 8.55. The maximum absolute atomic E-state index is 13.7. The van der Waals surface area contributed by atoms with E-state index in [9.17, 15) is 18.7 Å². The number of ether oxygens (including phenoxy) is 1. The van der Waals surface area contributed by atoms with Gasteiger partial charge in [0.15, 0.2) is 0 Å². The molecule has 1 aliphatic heterocycles. The predicted octanol–water partition coefficient (Wildman–Crippen LogP) is 2.29. The molecular formula is C18H23F2NO3. The summed E-state index contributed by atoms with van der Waals surface area (Å²) in [4.78, 5) is 14.4. The van der Waals surface area contributed by atoms with Gasteiger partial charge in [-0.1, -0.05) is 12.5 Å². The van der Waals surface area contributed by atoms with E-state index in [1.165, 1.54) is 12.1 Å². The molecule has 2 aliphatic rings. The fourth-order valence-electron chi connectivity index (χ4n) is 3.81. The number of benzene rings is 1. The lowest BCUT2D eigenvalue weighted by Crippen LogP contribution is -2.53. The first-order valence-corrected chi connectivity index (χ1v) is 8.55. The fourth-order valence-corrected chi connectivity index (χ4v) is 3.81. The Hall–Kier alpha value is -1.53. The van der Waals surface area contributed by atoms with Crippen molar-refractivity contribution in [2.75, 3.05) is 19.8 Å². The third-order valence-electron chi connectivity index (χ3n) is 5.13. The summed E-state index contributed by atoms with van der Waals surface area (Å²) in [6.07, 6.45) is 2.65. The van der Waals surface area contributed by atoms with Gasteiger partial charge < -0.3 is 14.7 Å². The highest BCUT2D eigenvalue weighted by Crippen LogP contribution is 2.32. The van der Waals surface area contributed by atoms with Crippen LogP contribution in [-0.4, -0.2) is 47.8 Å². The van der Waals surface area contributed by atoms with E-state index in [1.807, 2.05) is 0 Å². The van der Waals surface area contributed by atoms with E-state index < -0.39 is 11.6 Å². The standard InChI is InChI=1S/C18H23F2NO3/c19-13-6-4-12(15(20)10-13)5-7-18(23)21-8-9-24-11-16(21)14-2-1-3-17(14)22/h4,6,10,14,16-17,22H,1-3,5,7-9,11H2/t14-,16+,17+/m0/s1. The summed E-state index contributed by atoms with van der Waals surface area (Å²) >= 11 is 0. The van der Waals surface area contributed by atoms with E-state index in [4.69, 9.17) is 4.74 Å². The molecule has 1 heterocycles. The van der Waals surface area contributed by atoms with Gasteiger partial charge >= 0.3 is 0 Å². The lowest BCUT2D eigenvalue weighted by atomic mass is 9.93. The van der Waals surface area contributed by atoms with Gasteiger partial charge in [0.05, 0.1) is 25.4 Å². The minimum Gasteiger partial charge on any atom is -0.393 e. The van der Waals surface area contributed by atoms with Crippen LogP contribution in [0.1, 0.15) is 31.2 Å². The van der Waals surface area contributed by atoms with Gasteiger partial charge in [0.2, 0.25) is 5.91 Å². The second-order valence-corrected chi connectivity index (χ2v) is 6.63. The smallest absolute Gasteiger partial charge is 0.223 e. The van der Waals surface area contributed by atoms with E-state index >= 15 is 0 Å². The van der Waals surface area contributed by atoms with Gasteiger partial charge in [-0.15, -0.1) is 0 Å². The normalized spacial score (nSPS) is 27.5. The molecule has 1 aliphatic carbocycles. The predicted molar refractivity (Wildman–Crippen MR) is 84.3 cm³/mol. The number of hydrogen-bond acceptors (Lipinski definition) is 3. The van der Waals surface area contributed by atoms with Gasteiger partial charge in [-0.25, -0.2) is 8.78 Å². The second kappa shape index (κ2) is 7.57. The minimum atomic E-state index is -0.619. The summed E-state index contributed by atoms with van der Waals surface area (Å²) in [5, 5.41) is 10.1. The average molecular weight is 339 g/mol. The summed E-state index contributed by atoms with van der Waals surface area (Å²) in [6.45, 7) is 1.42. The van der Waals surface area contributed by atoms with Gasteiger partial charge in [-0.2, -0.15) is 0 Å². The van der Waals surface area contributed by atoms with Crippen LogP contribution in [0.25, 0.3) is 0 Å². The molecule has 0 aromatic heterocycles. The number of morpholine rings is 1. The molecule has 2 fully saturated rings. The molecule has 1 saturated heterocycles. The molecule has 24 heavy (non-hydrogen) atoms. The van der Waals surface area contributed by atoms with Crippen molar-refractivity contribution in [2.24, 2.45) is 5.92 Å². The average Bonchev–Trinajstić information content (AvgIpc) is 2.99. The van der Waals surface area contributed by atoms with Crippen LogP contribution in [0, 0.1) is 17.6 Å². The highest BCUT2D eigenvalue weighted by molar-refractivity contribution is 5.77. The Kier molecular flexibility index (Phi) is 5.46. The van der Waals surface area contributed by atoms with Gasteiger partial charge in [0.1, 0.15) is 11.6 Å². The van der Waals surface area contributed by atoms with Crippen LogP contribution >= 0.6 is 0 Å². The number of halogens is 2. The van der Waals surface area contributed by atoms with E-state index in [0.717, 1.165) is 25.3 Å². The van der Waals surface area contributed by atoms with Crippen LogP contribution < -0.4 is 0 Å². The van der Waals surface area contributed by atoms with Crippen LogP contribution in [0.4, 0.5) is 8.78 Å². The number of nitrogens with zero attached hydrogens (tertiary/aromatic N) is 1. The zero-order valence-electron chi connectivity index (χ0n) is 13.6. The SMILES string of the molecule is O=C(CCc1ccc(F)cc1F)N1CCOC[C@@H]1[C@@H]1CCC[C@H]1O. The van der Waals surface area contributed by atoms with Gasteiger partial charge in [0, 0.05) is 24.9 Å². The van der Waals surface area contributed by atoms with Crippen molar-refractivity contribution >= 4 is 5.91 Å². The number of hydrogen-bond donors (Lipinski definition) is 1. The largest absolute Gasteiger partial charge is 0.393 e. The maximum atomic E-state index is 13.7. The van der Waals surface area contributed by atoms with Crippen molar-refractivity contribution in [3.8, 4) is 0 Å². The zero-order chi connectivity index (χ0) is 17.1. The maximum Gasteiger partial charge on any atom is 0.223 e. The molecule has 1 amide bonds. The number of aliphatic hydroxyl groups excluding tert-OH is 1. The van der Waals surface area contributed by atoms with Gasteiger partial charge in [-0.05, 0) is 30.9 Å². The van der Waals surface area contributed by atoms with Crippen molar-refractivity contribution in [1.82, 2.24) is 4.90 Å². The van der Waals surface area contributed by atoms with E-state index in [1.54, 1.807) is 4.90 Å². The minimum absolute atomic E-state index is 0.0526. The van der Waals surface area contributed by atoms with Crippen molar-refractivity contribution < 1.29 is 23.4 Å². The number of carbonyl (C=O) groups is 1. The number of carbonyl (C=O) groups excluding carboxylic acids is 1. The lowest BCUT2D eigenvalue weighted by Gasteiger charge is -2.40. The molecule has 0 radical (unpaired) electrons. The molecule has 0 bridgehead atoms. The van der Waals surface area contributed by atoms with E-state index in [0.29, 0.717) is 25.3 Å². The molecule has 1 saturated carbocycles. The second-order valence-electron chi connectivity index (χ2n) is 6.63. The molecule has 4 nitrogen and oxygen atoms in total. The van der Waals surface area contributed by atoms with E-state index in [2.05, 4.69) is 0 Å².